The van der Waals surface area contributed by atoms with E-state index in [1.165, 1.54) is 31.2 Å². The summed E-state index contributed by atoms with van der Waals surface area (Å²) >= 11 is 0. The summed E-state index contributed by atoms with van der Waals surface area (Å²) < 4.78 is 32.4. The monoisotopic (exact) mass is 482 g/mol. The van der Waals surface area contributed by atoms with Crippen molar-refractivity contribution >= 4 is 35.7 Å². The molecule has 1 aromatic carbocycles. The van der Waals surface area contributed by atoms with E-state index >= 15 is 0 Å². The van der Waals surface area contributed by atoms with Gasteiger partial charge in [0.05, 0.1) is 12.2 Å². The van der Waals surface area contributed by atoms with E-state index in [2.05, 4.69) is 63.4 Å². The topological polar surface area (TPSA) is 49.5 Å². The molecule has 30 heavy (non-hydrogen) atoms. The molecule has 2 saturated heterocycles. The first-order valence-electron chi connectivity index (χ1n) is 11.7. The van der Waals surface area contributed by atoms with Crippen molar-refractivity contribution in [1.29, 1.82) is 0 Å². The summed E-state index contributed by atoms with van der Waals surface area (Å²) in [6.45, 7) is 11.1. The van der Waals surface area contributed by atoms with E-state index < -0.39 is 35.7 Å². The van der Waals surface area contributed by atoms with E-state index in [9.17, 15) is 0 Å². The molecule has 8 atom stereocenters. The first-order chi connectivity index (χ1) is 14.2. The number of epoxide rings is 1. The average molecular weight is 483 g/mol. The number of hydrogen-bond donors (Lipinski definition) is 0. The van der Waals surface area contributed by atoms with E-state index in [1.807, 2.05) is 0 Å². The Kier molecular flexibility index (Phi) is 7.23. The summed E-state index contributed by atoms with van der Waals surface area (Å²) in [7, 11) is -8.21. The van der Waals surface area contributed by atoms with Crippen molar-refractivity contribution in [2.24, 2.45) is 5.92 Å². The predicted octanol–water partition coefficient (Wildman–Crippen LogP) is 4.67. The lowest BCUT2D eigenvalue weighted by molar-refractivity contribution is 0.249. The van der Waals surface area contributed by atoms with Crippen LogP contribution in [0.4, 0.5) is 0 Å². The van der Waals surface area contributed by atoms with Gasteiger partial charge >= 0.3 is 17.1 Å². The molecule has 2 aliphatic heterocycles. The molecule has 0 amide bonds. The fourth-order valence-electron chi connectivity index (χ4n) is 5.40. The minimum atomic E-state index is -2.41. The average Bonchev–Trinajstić information content (AvgIpc) is 3.44. The summed E-state index contributed by atoms with van der Waals surface area (Å²) in [5.74, 6) is 1.15. The van der Waals surface area contributed by atoms with Gasteiger partial charge in [-0.2, -0.15) is 0 Å². The molecule has 3 aliphatic rings. The van der Waals surface area contributed by atoms with Crippen LogP contribution in [0.15, 0.2) is 30.3 Å². The number of ether oxygens (including phenoxy) is 1. The Morgan fingerprint density at radius 3 is 2.40 bits per heavy atom. The van der Waals surface area contributed by atoms with Gasteiger partial charge in [-0.3, -0.25) is 0 Å². The zero-order valence-electron chi connectivity index (χ0n) is 19.1. The Morgan fingerprint density at radius 1 is 1.00 bits per heavy atom. The summed E-state index contributed by atoms with van der Waals surface area (Å²) in [6, 6.07) is 12.7. The highest BCUT2D eigenvalue weighted by Gasteiger charge is 2.49. The molecule has 9 heteroatoms. The first kappa shape index (κ1) is 23.1. The molecule has 0 aromatic heterocycles. The molecule has 0 radical (unpaired) electrons. The van der Waals surface area contributed by atoms with Crippen LogP contribution in [0.3, 0.4) is 0 Å². The molecule has 2 heterocycles. The van der Waals surface area contributed by atoms with Crippen LogP contribution in [-0.2, 0) is 21.2 Å². The predicted molar refractivity (Wildman–Crippen MR) is 129 cm³/mol. The van der Waals surface area contributed by atoms with E-state index in [4.69, 9.17) is 21.2 Å². The Bertz CT molecular complexity index is 712. The standard InChI is InChI=1S/C21H38O5Si4/c1-17(19-9-7-6-8-10-19)16-30(5)25-28(3)23-27(2)24-29(4,26-30)14-13-18-11-12-20-21(15-18)22-20/h6-10,17-18,20-21,27-28H,11-16H2,1-5H3. The third-order valence-corrected chi connectivity index (χ3v) is 22.5. The van der Waals surface area contributed by atoms with E-state index in [0.29, 0.717) is 18.1 Å². The Hall–Kier alpha value is -0.112. The fraction of sp³-hybridized carbons (Fsp3) is 0.714. The quantitative estimate of drug-likeness (QED) is 0.435. The van der Waals surface area contributed by atoms with Crippen molar-refractivity contribution < 1.29 is 21.2 Å². The molecular weight excluding hydrogens is 445 g/mol. The maximum absolute atomic E-state index is 7.02. The molecule has 8 unspecified atom stereocenters. The van der Waals surface area contributed by atoms with Gasteiger partial charge in [0.2, 0.25) is 0 Å². The lowest BCUT2D eigenvalue weighted by atomic mass is 9.88. The van der Waals surface area contributed by atoms with Crippen molar-refractivity contribution in [2.45, 2.75) is 89.0 Å². The molecule has 1 aliphatic carbocycles. The highest BCUT2D eigenvalue weighted by molar-refractivity contribution is 6.86. The van der Waals surface area contributed by atoms with Crippen molar-refractivity contribution in [3.05, 3.63) is 35.9 Å². The van der Waals surface area contributed by atoms with Crippen LogP contribution in [0.2, 0.25) is 38.3 Å². The second kappa shape index (κ2) is 9.40. The minimum Gasteiger partial charge on any atom is -0.420 e. The second-order valence-electron chi connectivity index (χ2n) is 9.82. The third-order valence-electron chi connectivity index (χ3n) is 6.81. The lowest BCUT2D eigenvalue weighted by Gasteiger charge is -2.44. The van der Waals surface area contributed by atoms with Gasteiger partial charge in [-0.15, -0.1) is 0 Å². The SMILES string of the molecule is CC(C[Si]1(C)O[SiH](C)O[SiH](C)O[Si](C)(CCC2CCC3OC3C2)O1)c1ccccc1. The van der Waals surface area contributed by atoms with Crippen molar-refractivity contribution in [3.63, 3.8) is 0 Å². The van der Waals surface area contributed by atoms with Crippen LogP contribution in [0.25, 0.3) is 0 Å². The zero-order chi connectivity index (χ0) is 21.4. The fourth-order valence-corrected chi connectivity index (χ4v) is 23.4. The minimum absolute atomic E-state index is 0.402. The molecule has 4 rings (SSSR count). The molecule has 5 nitrogen and oxygen atoms in total. The number of rotatable bonds is 6. The van der Waals surface area contributed by atoms with E-state index in [0.717, 1.165) is 18.0 Å². The summed E-state index contributed by atoms with van der Waals surface area (Å²) in [5, 5.41) is 0. The van der Waals surface area contributed by atoms with Gasteiger partial charge < -0.3 is 21.2 Å². The molecule has 0 bridgehead atoms. The van der Waals surface area contributed by atoms with Crippen LogP contribution >= 0.6 is 0 Å². The second-order valence-corrected chi connectivity index (χ2v) is 21.3. The van der Waals surface area contributed by atoms with Gasteiger partial charge in [0.15, 0.2) is 0 Å². The van der Waals surface area contributed by atoms with Crippen molar-refractivity contribution in [3.8, 4) is 0 Å². The maximum Gasteiger partial charge on any atom is 0.317 e. The molecule has 168 valence electrons. The van der Waals surface area contributed by atoms with Gasteiger partial charge in [0.25, 0.3) is 18.6 Å². The van der Waals surface area contributed by atoms with Crippen molar-refractivity contribution in [2.75, 3.05) is 0 Å². The number of hydrogen-bond acceptors (Lipinski definition) is 5. The van der Waals surface area contributed by atoms with Gasteiger partial charge in [0.1, 0.15) is 0 Å². The highest BCUT2D eigenvalue weighted by atomic mass is 28.5. The Morgan fingerprint density at radius 2 is 1.70 bits per heavy atom. The number of fused-ring (bicyclic) bond motifs is 1. The summed E-state index contributed by atoms with van der Waals surface area (Å²) in [5.41, 5.74) is 1.35. The summed E-state index contributed by atoms with van der Waals surface area (Å²) in [4.78, 5) is 0. The van der Waals surface area contributed by atoms with Crippen LogP contribution < -0.4 is 0 Å². The summed E-state index contributed by atoms with van der Waals surface area (Å²) in [6.07, 6.45) is 6.03. The molecule has 0 N–H and O–H groups in total. The zero-order valence-corrected chi connectivity index (χ0v) is 23.4. The van der Waals surface area contributed by atoms with Gasteiger partial charge in [-0.05, 0) is 81.4 Å². The normalized spacial score (nSPS) is 42.6. The Labute approximate surface area is 187 Å². The van der Waals surface area contributed by atoms with E-state index in [1.54, 1.807) is 0 Å². The molecule has 0 spiro atoms. The van der Waals surface area contributed by atoms with Crippen molar-refractivity contribution in [1.82, 2.24) is 0 Å². The van der Waals surface area contributed by atoms with Gasteiger partial charge in [0, 0.05) is 0 Å². The highest BCUT2D eigenvalue weighted by Crippen LogP contribution is 2.42. The smallest absolute Gasteiger partial charge is 0.317 e. The maximum atomic E-state index is 7.02. The van der Waals surface area contributed by atoms with E-state index in [-0.39, 0.29) is 0 Å². The number of benzene rings is 1. The molecule has 1 saturated carbocycles. The van der Waals surface area contributed by atoms with Crippen LogP contribution in [0.5, 0.6) is 0 Å². The molecule has 3 fully saturated rings. The first-order valence-corrected chi connectivity index (χ1v) is 20.9. The lowest BCUT2D eigenvalue weighted by Crippen LogP contribution is -2.59. The van der Waals surface area contributed by atoms with Crippen LogP contribution in [0.1, 0.15) is 44.1 Å². The molecular formula is C21H38O5Si4. The Balaban J connectivity index is 1.44. The molecule has 1 aromatic rings. The van der Waals surface area contributed by atoms with Gasteiger partial charge in [-0.25, -0.2) is 0 Å². The van der Waals surface area contributed by atoms with Gasteiger partial charge in [-0.1, -0.05) is 37.3 Å². The third kappa shape index (κ3) is 6.02. The largest absolute Gasteiger partial charge is 0.420 e. The van der Waals surface area contributed by atoms with Crippen LogP contribution in [0, 0.1) is 5.92 Å². The van der Waals surface area contributed by atoms with Crippen LogP contribution in [-0.4, -0.2) is 47.9 Å².